The first-order valence-corrected chi connectivity index (χ1v) is 29.1. The third-order valence-electron chi connectivity index (χ3n) is 12.2. The molecule has 0 fully saturated rings. The van der Waals surface area contributed by atoms with Crippen LogP contribution in [0.15, 0.2) is 48.5 Å². The number of benzene rings is 2. The summed E-state index contributed by atoms with van der Waals surface area (Å²) in [5.74, 6) is 0.491. The Labute approximate surface area is 414 Å². The van der Waals surface area contributed by atoms with Gasteiger partial charge >= 0.3 is 13.7 Å². The molecule has 1 unspecified atom stereocenters. The fourth-order valence-electron chi connectivity index (χ4n) is 8.27. The van der Waals surface area contributed by atoms with E-state index in [9.17, 15) is 14.2 Å². The molecule has 0 heterocycles. The van der Waals surface area contributed by atoms with E-state index in [1.54, 1.807) is 11.8 Å². The Morgan fingerprint density at radius 1 is 0.603 bits per heavy atom. The van der Waals surface area contributed by atoms with Gasteiger partial charge in [0.1, 0.15) is 12.6 Å². The van der Waals surface area contributed by atoms with Crippen LogP contribution in [0, 0.1) is 0 Å². The number of carbonyl (C=O) groups is 2. The summed E-state index contributed by atoms with van der Waals surface area (Å²) in [7, 11) is -4.08. The second kappa shape index (κ2) is 39.1. The SMILES string of the molecule is CCCCCCCCCCCCOCC(CSC[C@H](NC(=O)OCC1c2ccccc2-c2ccccc21)C(=O)NCCOCCOCCOCCP(=O)(O)O)OCCCCCCCCCCCC. The molecular weight excluding hydrogens is 904 g/mol. The van der Waals surface area contributed by atoms with E-state index in [2.05, 4.69) is 48.7 Å². The molecule has 15 heteroatoms. The van der Waals surface area contributed by atoms with E-state index in [1.165, 1.54) is 109 Å². The normalized spacial score (nSPS) is 13.3. The van der Waals surface area contributed by atoms with E-state index in [1.807, 2.05) is 24.3 Å². The molecule has 3 rings (SSSR count). The number of alkyl carbamates (subject to hydrolysis) is 1. The molecule has 0 bridgehead atoms. The summed E-state index contributed by atoms with van der Waals surface area (Å²) in [5.41, 5.74) is 4.51. The van der Waals surface area contributed by atoms with Crippen molar-refractivity contribution in [1.29, 1.82) is 0 Å². The average molecular weight is 993 g/mol. The number of hydrogen-bond acceptors (Lipinski definition) is 10. The number of hydrogen-bond donors (Lipinski definition) is 4. The van der Waals surface area contributed by atoms with Crippen molar-refractivity contribution in [2.24, 2.45) is 0 Å². The Morgan fingerprint density at radius 3 is 1.63 bits per heavy atom. The minimum Gasteiger partial charge on any atom is -0.449 e. The van der Waals surface area contributed by atoms with Gasteiger partial charge in [-0.05, 0) is 35.1 Å². The van der Waals surface area contributed by atoms with Crippen LogP contribution in [0.1, 0.15) is 159 Å². The molecule has 1 aliphatic rings. The van der Waals surface area contributed by atoms with Gasteiger partial charge in [0.15, 0.2) is 0 Å². The standard InChI is InChI=1S/C53H89N2O11PS/c1-3-5-7-9-11-13-15-17-19-25-32-64-41-45(65-33-26-20-18-16-14-12-10-8-6-4-2)43-68-44-51(52(56)54-31-34-61-35-36-62-37-38-63-39-40-67(58,59)60)55-53(57)66-42-50-48-29-23-21-27-46(48)47-28-22-24-30-49(47)50/h21-24,27-30,45,50-51H,3-20,25-26,31-44H2,1-2H3,(H,54,56)(H,55,57)(H2,58,59,60)/t45?,51-/m0/s1. The number of unbranched alkanes of at least 4 members (excludes halogenated alkanes) is 18. The summed E-state index contributed by atoms with van der Waals surface area (Å²) in [5, 5.41) is 5.77. The highest BCUT2D eigenvalue weighted by Gasteiger charge is 2.30. The van der Waals surface area contributed by atoms with Gasteiger partial charge in [-0.1, -0.05) is 178 Å². The highest BCUT2D eigenvalue weighted by Crippen LogP contribution is 2.44. The van der Waals surface area contributed by atoms with Crippen molar-refractivity contribution in [3.8, 4) is 11.1 Å². The molecule has 0 saturated carbocycles. The molecule has 2 atom stereocenters. The average Bonchev–Trinajstić information content (AvgIpc) is 3.65. The van der Waals surface area contributed by atoms with Gasteiger partial charge in [-0.2, -0.15) is 11.8 Å². The number of ether oxygens (including phenoxy) is 6. The lowest BCUT2D eigenvalue weighted by molar-refractivity contribution is -0.122. The number of fused-ring (bicyclic) bond motifs is 3. The van der Waals surface area contributed by atoms with Crippen molar-refractivity contribution in [2.75, 3.05) is 90.3 Å². The van der Waals surface area contributed by atoms with E-state index >= 15 is 0 Å². The van der Waals surface area contributed by atoms with Crippen LogP contribution in [0.25, 0.3) is 11.1 Å². The Hall–Kier alpha value is -2.52. The van der Waals surface area contributed by atoms with E-state index in [4.69, 9.17) is 38.2 Å². The maximum atomic E-state index is 13.7. The van der Waals surface area contributed by atoms with Crippen LogP contribution in [0.4, 0.5) is 4.79 Å². The molecule has 4 N–H and O–H groups in total. The van der Waals surface area contributed by atoms with Crippen LogP contribution in [-0.2, 0) is 37.8 Å². The van der Waals surface area contributed by atoms with Crippen molar-refractivity contribution < 1.29 is 52.4 Å². The summed E-state index contributed by atoms with van der Waals surface area (Å²) in [4.78, 5) is 44.9. The Morgan fingerprint density at radius 2 is 1.09 bits per heavy atom. The summed E-state index contributed by atoms with van der Waals surface area (Å²) in [6.07, 6.45) is 24.2. The third kappa shape index (κ3) is 28.4. The van der Waals surface area contributed by atoms with E-state index in [-0.39, 0.29) is 70.3 Å². The van der Waals surface area contributed by atoms with Gasteiger partial charge in [-0.3, -0.25) is 9.36 Å². The lowest BCUT2D eigenvalue weighted by Crippen LogP contribution is -2.49. The summed E-state index contributed by atoms with van der Waals surface area (Å²) in [6, 6.07) is 15.5. The first kappa shape index (κ1) is 59.8. The molecule has 13 nitrogen and oxygen atoms in total. The summed E-state index contributed by atoms with van der Waals surface area (Å²) >= 11 is 1.56. The number of nitrogens with one attached hydrogen (secondary N) is 2. The fourth-order valence-corrected chi connectivity index (χ4v) is 9.70. The van der Waals surface area contributed by atoms with Crippen LogP contribution >= 0.6 is 19.4 Å². The van der Waals surface area contributed by atoms with Crippen LogP contribution < -0.4 is 10.6 Å². The molecule has 2 amide bonds. The summed E-state index contributed by atoms with van der Waals surface area (Å²) < 4.78 is 45.7. The van der Waals surface area contributed by atoms with Crippen LogP contribution in [0.3, 0.4) is 0 Å². The van der Waals surface area contributed by atoms with Crippen LogP contribution in [0.2, 0.25) is 0 Å². The zero-order valence-electron chi connectivity index (χ0n) is 41.8. The molecule has 0 spiro atoms. The molecule has 0 aromatic heterocycles. The maximum Gasteiger partial charge on any atom is 0.407 e. The molecule has 1 aliphatic carbocycles. The van der Waals surface area contributed by atoms with Crippen LogP contribution in [-0.4, -0.2) is 124 Å². The van der Waals surface area contributed by atoms with Crippen molar-refractivity contribution in [1.82, 2.24) is 10.6 Å². The minimum atomic E-state index is -4.08. The fraction of sp³-hybridized carbons (Fsp3) is 0.736. The van der Waals surface area contributed by atoms with Gasteiger partial charge in [0.25, 0.3) is 0 Å². The molecule has 0 radical (unpaired) electrons. The molecule has 0 aliphatic heterocycles. The van der Waals surface area contributed by atoms with Gasteiger partial charge in [0, 0.05) is 37.2 Å². The summed E-state index contributed by atoms with van der Waals surface area (Å²) in [6.45, 7) is 8.01. The molecule has 388 valence electrons. The smallest absolute Gasteiger partial charge is 0.407 e. The lowest BCUT2D eigenvalue weighted by atomic mass is 9.98. The van der Waals surface area contributed by atoms with Crippen molar-refractivity contribution in [3.05, 3.63) is 59.7 Å². The van der Waals surface area contributed by atoms with Crippen molar-refractivity contribution >= 4 is 31.4 Å². The van der Waals surface area contributed by atoms with Gasteiger partial charge in [-0.15, -0.1) is 0 Å². The largest absolute Gasteiger partial charge is 0.449 e. The van der Waals surface area contributed by atoms with Crippen molar-refractivity contribution in [3.63, 3.8) is 0 Å². The van der Waals surface area contributed by atoms with Gasteiger partial charge in [-0.25, -0.2) is 4.79 Å². The first-order valence-electron chi connectivity index (χ1n) is 26.2. The predicted octanol–water partition coefficient (Wildman–Crippen LogP) is 11.2. The van der Waals surface area contributed by atoms with Crippen LogP contribution in [0.5, 0.6) is 0 Å². The zero-order valence-corrected chi connectivity index (χ0v) is 43.5. The highest BCUT2D eigenvalue weighted by molar-refractivity contribution is 7.99. The van der Waals surface area contributed by atoms with Gasteiger partial charge in [0.05, 0.1) is 58.5 Å². The number of thioether (sulfide) groups is 1. The third-order valence-corrected chi connectivity index (χ3v) is 14.1. The number of amides is 2. The van der Waals surface area contributed by atoms with E-state index in [0.29, 0.717) is 37.9 Å². The highest BCUT2D eigenvalue weighted by atomic mass is 32.2. The quantitative estimate of drug-likeness (QED) is 0.0366. The molecule has 2 aromatic rings. The monoisotopic (exact) mass is 993 g/mol. The zero-order chi connectivity index (χ0) is 48.8. The lowest BCUT2D eigenvalue weighted by Gasteiger charge is -2.22. The second-order valence-electron chi connectivity index (χ2n) is 18.0. The van der Waals surface area contributed by atoms with Gasteiger partial charge in [0.2, 0.25) is 5.91 Å². The van der Waals surface area contributed by atoms with E-state index in [0.717, 1.165) is 41.5 Å². The first-order chi connectivity index (χ1) is 33.2. The molecular formula is C53H89N2O11PS. The molecule has 2 aromatic carbocycles. The Balaban J connectivity index is 1.49. The predicted molar refractivity (Wildman–Crippen MR) is 276 cm³/mol. The number of rotatable bonds is 45. The molecule has 68 heavy (non-hydrogen) atoms. The Kier molecular flexibility index (Phi) is 34.4. The van der Waals surface area contributed by atoms with Crippen molar-refractivity contribution in [2.45, 2.75) is 160 Å². The second-order valence-corrected chi connectivity index (χ2v) is 20.9. The topological polar surface area (TPSA) is 171 Å². The molecule has 0 saturated heterocycles. The minimum absolute atomic E-state index is 0.0405. The van der Waals surface area contributed by atoms with E-state index < -0.39 is 19.7 Å². The van der Waals surface area contributed by atoms with Gasteiger partial charge < -0.3 is 48.8 Å². The maximum absolute atomic E-state index is 13.7. The number of carbonyl (C=O) groups excluding carboxylic acids is 2. The Bertz CT molecular complexity index is 1590.